The third kappa shape index (κ3) is 41.5. The van der Waals surface area contributed by atoms with Crippen molar-refractivity contribution in [2.24, 2.45) is 0 Å². The largest absolute Gasteiger partial charge is 1.00 e. The fraction of sp³-hybridized carbons (Fsp3) is 0. The first kappa shape index (κ1) is 15.7. The standard InChI is InChI=1S/Cl2.ClO2.Na/c1-2;2-1-3;/q;-1;+1. The summed E-state index contributed by atoms with van der Waals surface area (Å²) in [5, 5.41) is 0. The normalized spacial score (nSPS) is 4.00. The van der Waals surface area contributed by atoms with Crippen LogP contribution in [0, 0.1) is 11.3 Å². The summed E-state index contributed by atoms with van der Waals surface area (Å²) < 4.78 is 16.5. The van der Waals surface area contributed by atoms with E-state index in [4.69, 9.17) is 9.32 Å². The van der Waals surface area contributed by atoms with E-state index >= 15 is 0 Å². The molecule has 0 aliphatic rings. The average molecular weight is 161 g/mol. The molecule has 2 nitrogen and oxygen atoms in total. The van der Waals surface area contributed by atoms with E-state index in [2.05, 4.69) is 21.7 Å². The van der Waals surface area contributed by atoms with Crippen LogP contribution in [0.25, 0.3) is 0 Å². The Morgan fingerprint density at radius 2 is 1.17 bits per heavy atom. The van der Waals surface area contributed by atoms with Gasteiger partial charge in [-0.2, -0.15) is 0 Å². The molecule has 6 heavy (non-hydrogen) atoms. The third-order valence-corrected chi connectivity index (χ3v) is 0. The van der Waals surface area contributed by atoms with Gasteiger partial charge < -0.3 is 9.32 Å². The van der Waals surface area contributed by atoms with Crippen LogP contribution in [0.1, 0.15) is 0 Å². The Kier molecular flexibility index (Phi) is 76.3. The van der Waals surface area contributed by atoms with Crippen LogP contribution >= 0.6 is 21.7 Å². The summed E-state index contributed by atoms with van der Waals surface area (Å²) in [6.45, 7) is 0. The van der Waals surface area contributed by atoms with Crippen molar-refractivity contribution in [2.45, 2.75) is 0 Å². The second-order valence-electron chi connectivity index (χ2n) is 0.0630. The molecular weight excluding hydrogens is 161 g/mol. The quantitative estimate of drug-likeness (QED) is 0.340. The van der Waals surface area contributed by atoms with Crippen molar-refractivity contribution < 1.29 is 50.2 Å². The Morgan fingerprint density at radius 1 is 1.17 bits per heavy atom. The monoisotopic (exact) mass is 160 g/mol. The van der Waals surface area contributed by atoms with E-state index in [1.807, 2.05) is 0 Å². The van der Waals surface area contributed by atoms with Gasteiger partial charge in [0.2, 0.25) is 0 Å². The Labute approximate surface area is 71.4 Å². The number of hydrogen-bond donors (Lipinski definition) is 0. The van der Waals surface area contributed by atoms with Crippen LogP contribution in [-0.2, 0) is 0 Å². The van der Waals surface area contributed by atoms with Gasteiger partial charge in [0, 0.05) is 21.7 Å². The Morgan fingerprint density at radius 3 is 1.17 bits per heavy atom. The maximum atomic E-state index is 8.24. The van der Waals surface area contributed by atoms with Gasteiger partial charge >= 0.3 is 29.6 Å². The van der Waals surface area contributed by atoms with E-state index in [1.54, 1.807) is 0 Å². The van der Waals surface area contributed by atoms with Gasteiger partial charge in [-0.25, -0.2) is 0 Å². The van der Waals surface area contributed by atoms with Crippen molar-refractivity contribution in [1.82, 2.24) is 0 Å². The van der Waals surface area contributed by atoms with E-state index in [0.717, 1.165) is 0 Å². The molecule has 0 bridgehead atoms. The van der Waals surface area contributed by atoms with Crippen LogP contribution in [0.4, 0.5) is 0 Å². The van der Waals surface area contributed by atoms with Crippen LogP contribution in [0.2, 0.25) is 0 Å². The van der Waals surface area contributed by atoms with Gasteiger partial charge in [0.05, 0.1) is 11.3 Å². The minimum atomic E-state index is -0.417. The molecule has 0 aliphatic carbocycles. The third-order valence-electron chi connectivity index (χ3n) is 0. The molecule has 0 radical (unpaired) electrons. The molecule has 0 unspecified atom stereocenters. The molecule has 0 atom stereocenters. The molecule has 0 aliphatic heterocycles. The van der Waals surface area contributed by atoms with Crippen molar-refractivity contribution in [2.75, 3.05) is 0 Å². The summed E-state index contributed by atoms with van der Waals surface area (Å²) in [4.78, 5) is 0. The van der Waals surface area contributed by atoms with Crippen molar-refractivity contribution in [3.8, 4) is 0 Å². The summed E-state index contributed by atoms with van der Waals surface area (Å²) in [7, 11) is 8.22. The van der Waals surface area contributed by atoms with Gasteiger partial charge in [-0.3, -0.25) is 0 Å². The first-order valence-corrected chi connectivity index (χ1v) is 2.21. The van der Waals surface area contributed by atoms with Crippen LogP contribution in [-0.4, -0.2) is 0 Å². The fourth-order valence-corrected chi connectivity index (χ4v) is 0. The average Bonchev–Trinajstić information content (AvgIpc) is 1.46. The minimum absolute atomic E-state index is 0. The molecule has 34 valence electrons. The second-order valence-corrected chi connectivity index (χ2v) is 0.189. The zero-order chi connectivity index (χ0) is 4.71. The summed E-state index contributed by atoms with van der Waals surface area (Å²) in [5.74, 6) is 0. The van der Waals surface area contributed by atoms with E-state index in [-0.39, 0.29) is 29.6 Å². The van der Waals surface area contributed by atoms with Gasteiger partial charge in [0.1, 0.15) is 0 Å². The Bertz CT molecular complexity index is 8.75. The molecule has 0 rings (SSSR count). The molecule has 0 saturated heterocycles. The zero-order valence-electron chi connectivity index (χ0n) is 2.95. The molecule has 0 fully saturated rings. The first-order chi connectivity index (χ1) is 2.41. The van der Waals surface area contributed by atoms with Gasteiger partial charge in [-0.15, -0.1) is 0 Å². The predicted octanol–water partition coefficient (Wildman–Crippen LogP) is -4.00. The summed E-state index contributed by atoms with van der Waals surface area (Å²) >= 11 is -0.417. The van der Waals surface area contributed by atoms with Crippen LogP contribution < -0.4 is 38.9 Å². The second kappa shape index (κ2) is 29.2. The van der Waals surface area contributed by atoms with Crippen molar-refractivity contribution in [3.05, 3.63) is 0 Å². The summed E-state index contributed by atoms with van der Waals surface area (Å²) in [6, 6.07) is 0. The van der Waals surface area contributed by atoms with Crippen molar-refractivity contribution in [3.63, 3.8) is 0 Å². The van der Waals surface area contributed by atoms with E-state index in [9.17, 15) is 0 Å². The van der Waals surface area contributed by atoms with Crippen LogP contribution in [0.5, 0.6) is 0 Å². The fourth-order valence-electron chi connectivity index (χ4n) is 0. The molecule has 0 spiro atoms. The minimum Gasteiger partial charge on any atom is -0.544 e. The molecule has 0 N–H and O–H groups in total. The van der Waals surface area contributed by atoms with Gasteiger partial charge in [-0.1, -0.05) is 0 Å². The predicted molar refractivity (Wildman–Crippen MR) is 11.7 cm³/mol. The van der Waals surface area contributed by atoms with E-state index in [0.29, 0.717) is 0 Å². The summed E-state index contributed by atoms with van der Waals surface area (Å²) in [5.41, 5.74) is 0. The number of rotatable bonds is 0. The van der Waals surface area contributed by atoms with Crippen molar-refractivity contribution in [1.29, 1.82) is 0 Å². The van der Waals surface area contributed by atoms with Crippen LogP contribution in [0.15, 0.2) is 0 Å². The van der Waals surface area contributed by atoms with Gasteiger partial charge in [0.15, 0.2) is 0 Å². The topological polar surface area (TPSA) is 46.1 Å². The van der Waals surface area contributed by atoms with Crippen LogP contribution in [0.3, 0.4) is 0 Å². The molecule has 0 amide bonds. The number of hydrogen-bond acceptors (Lipinski definition) is 2. The molecule has 0 heterocycles. The molecular formula is Cl3NaO2. The zero-order valence-corrected chi connectivity index (χ0v) is 7.22. The number of halogens is 3. The van der Waals surface area contributed by atoms with E-state index in [1.165, 1.54) is 0 Å². The Balaban J connectivity index is -0.0000000275. The first-order valence-electron chi connectivity index (χ1n) is 0.451. The molecule has 0 aromatic carbocycles. The Hall–Kier alpha value is 1.79. The van der Waals surface area contributed by atoms with Gasteiger partial charge in [-0.05, 0) is 0 Å². The molecule has 0 aromatic rings. The molecule has 6 heteroatoms. The van der Waals surface area contributed by atoms with Crippen molar-refractivity contribution >= 4 is 21.7 Å². The van der Waals surface area contributed by atoms with E-state index < -0.39 is 11.3 Å². The SMILES string of the molecule is ClCl.[Na+].[O-][Cl+][O-]. The smallest absolute Gasteiger partial charge is 0.544 e. The van der Waals surface area contributed by atoms with Gasteiger partial charge in [0.25, 0.3) is 0 Å². The summed E-state index contributed by atoms with van der Waals surface area (Å²) in [6.07, 6.45) is 0. The maximum Gasteiger partial charge on any atom is 1.00 e. The molecule has 0 aromatic heterocycles. The maximum absolute atomic E-state index is 8.24. The molecule has 0 saturated carbocycles.